The van der Waals surface area contributed by atoms with Crippen LogP contribution in [-0.2, 0) is 17.6 Å². The fraction of sp³-hybridized carbons (Fsp3) is 0.471. The molecule has 0 saturated heterocycles. The Hall–Kier alpha value is -2.31. The zero-order chi connectivity index (χ0) is 17.1. The van der Waals surface area contributed by atoms with Gasteiger partial charge in [-0.05, 0) is 30.9 Å². The van der Waals surface area contributed by atoms with Crippen LogP contribution in [0.2, 0.25) is 0 Å². The van der Waals surface area contributed by atoms with Crippen LogP contribution in [0.5, 0.6) is 0 Å². The number of amides is 1. The summed E-state index contributed by atoms with van der Waals surface area (Å²) in [5.74, 6) is 0.350. The second-order valence-electron chi connectivity index (χ2n) is 6.12. The van der Waals surface area contributed by atoms with E-state index in [0.717, 1.165) is 18.9 Å². The van der Waals surface area contributed by atoms with Gasteiger partial charge < -0.3 is 9.42 Å². The van der Waals surface area contributed by atoms with Gasteiger partial charge >= 0.3 is 0 Å². The summed E-state index contributed by atoms with van der Waals surface area (Å²) >= 11 is 0. The molecule has 7 heteroatoms. The zero-order valence-electron chi connectivity index (χ0n) is 13.5. The van der Waals surface area contributed by atoms with Crippen molar-refractivity contribution in [3.8, 4) is 0 Å². The van der Waals surface area contributed by atoms with Gasteiger partial charge in [0.1, 0.15) is 11.6 Å². The minimum absolute atomic E-state index is 0.107. The summed E-state index contributed by atoms with van der Waals surface area (Å²) in [7, 11) is 1.69. The summed E-state index contributed by atoms with van der Waals surface area (Å²) in [5.41, 5.74) is 0.338. The van der Waals surface area contributed by atoms with E-state index in [4.69, 9.17) is 4.52 Å². The van der Waals surface area contributed by atoms with Gasteiger partial charge in [0.25, 0.3) is 0 Å². The predicted octanol–water partition coefficient (Wildman–Crippen LogP) is 2.86. The second kappa shape index (κ2) is 7.07. The van der Waals surface area contributed by atoms with E-state index < -0.39 is 11.6 Å². The second-order valence-corrected chi connectivity index (χ2v) is 6.12. The predicted molar refractivity (Wildman–Crippen MR) is 82.3 cm³/mol. The molecule has 128 valence electrons. The van der Waals surface area contributed by atoms with E-state index in [1.165, 1.54) is 12.1 Å². The van der Waals surface area contributed by atoms with Gasteiger partial charge in [-0.25, -0.2) is 8.78 Å². The Morgan fingerprint density at radius 1 is 1.33 bits per heavy atom. The maximum atomic E-state index is 13.6. The lowest BCUT2D eigenvalue weighted by molar-refractivity contribution is -0.129. The molecule has 5 nitrogen and oxygen atoms in total. The number of carbonyl (C=O) groups excluding carboxylic acids is 1. The van der Waals surface area contributed by atoms with Crippen LogP contribution in [0.4, 0.5) is 8.78 Å². The first-order valence-corrected chi connectivity index (χ1v) is 8.03. The molecule has 3 rings (SSSR count). The third-order valence-corrected chi connectivity index (χ3v) is 4.13. The third-order valence-electron chi connectivity index (χ3n) is 4.13. The van der Waals surface area contributed by atoms with Crippen LogP contribution in [0, 0.1) is 11.6 Å². The van der Waals surface area contributed by atoms with Gasteiger partial charge in [0.2, 0.25) is 11.8 Å². The van der Waals surface area contributed by atoms with Crippen molar-refractivity contribution in [1.29, 1.82) is 0 Å². The number of aromatic nitrogens is 2. The number of carbonyl (C=O) groups is 1. The molecule has 1 amide bonds. The Kier molecular flexibility index (Phi) is 4.87. The van der Waals surface area contributed by atoms with E-state index in [1.807, 2.05) is 0 Å². The van der Waals surface area contributed by atoms with Crippen molar-refractivity contribution < 1.29 is 18.1 Å². The van der Waals surface area contributed by atoms with Gasteiger partial charge in [-0.1, -0.05) is 11.2 Å². The summed E-state index contributed by atoms with van der Waals surface area (Å²) in [5, 5.41) is 3.91. The highest BCUT2D eigenvalue weighted by Crippen LogP contribution is 2.38. The number of rotatable bonds is 7. The molecule has 1 heterocycles. The molecule has 0 aliphatic heterocycles. The molecule has 1 fully saturated rings. The quantitative estimate of drug-likeness (QED) is 0.781. The van der Waals surface area contributed by atoms with Gasteiger partial charge in [0, 0.05) is 38.4 Å². The summed E-state index contributed by atoms with van der Waals surface area (Å²) < 4.78 is 31.6. The van der Waals surface area contributed by atoms with Gasteiger partial charge in [-0.15, -0.1) is 0 Å². The normalized spacial score (nSPS) is 14.0. The van der Waals surface area contributed by atoms with Crippen molar-refractivity contribution in [3.63, 3.8) is 0 Å². The lowest BCUT2D eigenvalue weighted by Crippen LogP contribution is -2.29. The number of benzene rings is 1. The van der Waals surface area contributed by atoms with Crippen LogP contribution in [-0.4, -0.2) is 34.5 Å². The van der Waals surface area contributed by atoms with Gasteiger partial charge in [0.15, 0.2) is 5.82 Å². The average molecular weight is 335 g/mol. The van der Waals surface area contributed by atoms with E-state index in [1.54, 1.807) is 11.9 Å². The summed E-state index contributed by atoms with van der Waals surface area (Å²) in [6.07, 6.45) is 3.12. The molecule has 2 aromatic rings. The SMILES string of the molecule is CN(CCc1noc(C2CC2)n1)C(=O)CCc1ccc(F)cc1F. The van der Waals surface area contributed by atoms with E-state index in [0.29, 0.717) is 36.2 Å². The molecule has 24 heavy (non-hydrogen) atoms. The van der Waals surface area contributed by atoms with Gasteiger partial charge in [-0.2, -0.15) is 4.98 Å². The molecule has 0 atom stereocenters. The molecule has 1 aliphatic carbocycles. The first kappa shape index (κ1) is 16.5. The highest BCUT2D eigenvalue weighted by molar-refractivity contribution is 5.76. The van der Waals surface area contributed by atoms with Crippen molar-refractivity contribution in [2.45, 2.75) is 38.0 Å². The monoisotopic (exact) mass is 335 g/mol. The summed E-state index contributed by atoms with van der Waals surface area (Å²) in [6, 6.07) is 3.40. The first-order chi connectivity index (χ1) is 11.5. The lowest BCUT2D eigenvalue weighted by atomic mass is 10.1. The number of aryl methyl sites for hydroxylation is 1. The van der Waals surface area contributed by atoms with Crippen molar-refractivity contribution >= 4 is 5.91 Å². The zero-order valence-corrected chi connectivity index (χ0v) is 13.5. The fourth-order valence-corrected chi connectivity index (χ4v) is 2.41. The van der Waals surface area contributed by atoms with Crippen LogP contribution >= 0.6 is 0 Å². The first-order valence-electron chi connectivity index (χ1n) is 8.03. The number of hydrogen-bond acceptors (Lipinski definition) is 4. The Morgan fingerprint density at radius 3 is 2.83 bits per heavy atom. The summed E-state index contributed by atoms with van der Waals surface area (Å²) in [4.78, 5) is 18.0. The van der Waals surface area contributed by atoms with Crippen LogP contribution in [0.3, 0.4) is 0 Å². The minimum atomic E-state index is -0.621. The number of halogens is 2. The van der Waals surface area contributed by atoms with Gasteiger partial charge in [-0.3, -0.25) is 4.79 Å². The molecule has 0 spiro atoms. The molecule has 0 N–H and O–H groups in total. The molecule has 0 bridgehead atoms. The van der Waals surface area contributed by atoms with Crippen LogP contribution < -0.4 is 0 Å². The van der Waals surface area contributed by atoms with E-state index in [2.05, 4.69) is 10.1 Å². The number of hydrogen-bond donors (Lipinski definition) is 0. The molecular weight excluding hydrogens is 316 g/mol. The summed E-state index contributed by atoms with van der Waals surface area (Å²) in [6.45, 7) is 0.467. The molecule has 1 saturated carbocycles. The van der Waals surface area contributed by atoms with Gasteiger partial charge in [0.05, 0.1) is 0 Å². The van der Waals surface area contributed by atoms with Crippen molar-refractivity contribution in [2.24, 2.45) is 0 Å². The van der Waals surface area contributed by atoms with Crippen molar-refractivity contribution in [3.05, 3.63) is 47.1 Å². The molecule has 1 aromatic carbocycles. The standard InChI is InChI=1S/C17H19F2N3O2/c1-22(9-8-15-20-17(24-21-15)12-2-3-12)16(23)7-5-11-4-6-13(18)10-14(11)19/h4,6,10,12H,2-3,5,7-9H2,1H3. The lowest BCUT2D eigenvalue weighted by Gasteiger charge is -2.16. The topological polar surface area (TPSA) is 59.2 Å². The Morgan fingerprint density at radius 2 is 2.12 bits per heavy atom. The Balaban J connectivity index is 1.45. The fourth-order valence-electron chi connectivity index (χ4n) is 2.41. The molecule has 0 unspecified atom stereocenters. The molecule has 0 radical (unpaired) electrons. The smallest absolute Gasteiger partial charge is 0.229 e. The third kappa shape index (κ3) is 4.15. The van der Waals surface area contributed by atoms with E-state index in [-0.39, 0.29) is 18.7 Å². The van der Waals surface area contributed by atoms with Crippen molar-refractivity contribution in [2.75, 3.05) is 13.6 Å². The Labute approximate surface area is 138 Å². The number of nitrogens with zero attached hydrogens (tertiary/aromatic N) is 3. The maximum Gasteiger partial charge on any atom is 0.229 e. The van der Waals surface area contributed by atoms with Crippen LogP contribution in [0.25, 0.3) is 0 Å². The van der Waals surface area contributed by atoms with E-state index >= 15 is 0 Å². The Bertz CT molecular complexity index is 728. The largest absolute Gasteiger partial charge is 0.345 e. The number of likely N-dealkylation sites (N-methyl/N-ethyl adjacent to an activating group) is 1. The molecular formula is C17H19F2N3O2. The minimum Gasteiger partial charge on any atom is -0.345 e. The van der Waals surface area contributed by atoms with Crippen molar-refractivity contribution in [1.82, 2.24) is 15.0 Å². The average Bonchev–Trinajstić information content (AvgIpc) is 3.30. The van der Waals surface area contributed by atoms with Crippen LogP contribution in [0.1, 0.15) is 42.5 Å². The maximum absolute atomic E-state index is 13.6. The highest BCUT2D eigenvalue weighted by Gasteiger charge is 2.29. The highest BCUT2D eigenvalue weighted by atomic mass is 19.1. The molecule has 1 aromatic heterocycles. The van der Waals surface area contributed by atoms with Crippen LogP contribution in [0.15, 0.2) is 22.7 Å². The van der Waals surface area contributed by atoms with E-state index in [9.17, 15) is 13.6 Å². The molecule has 1 aliphatic rings.